The van der Waals surface area contributed by atoms with Crippen molar-refractivity contribution in [3.05, 3.63) is 95.6 Å². The van der Waals surface area contributed by atoms with Crippen LogP contribution in [0.1, 0.15) is 22.5 Å². The fourth-order valence-electron chi connectivity index (χ4n) is 2.70. The van der Waals surface area contributed by atoms with Crippen molar-refractivity contribution in [3.63, 3.8) is 0 Å². The molecule has 0 saturated carbocycles. The van der Waals surface area contributed by atoms with Crippen molar-refractivity contribution in [2.24, 2.45) is 0 Å². The number of nitrogens with one attached hydrogen (secondary N) is 2. The molecular weight excluding hydrogens is 300 g/mol. The van der Waals surface area contributed by atoms with E-state index in [0.717, 1.165) is 33.7 Å². The van der Waals surface area contributed by atoms with Crippen LogP contribution in [0.5, 0.6) is 0 Å². The molecule has 0 aliphatic rings. The third-order valence-corrected chi connectivity index (χ3v) is 3.72. The van der Waals surface area contributed by atoms with Crippen LogP contribution in [0.3, 0.4) is 0 Å². The number of nitrogens with zero attached hydrogens (tertiary/aromatic N) is 4. The second-order valence-corrected chi connectivity index (χ2v) is 5.20. The molecule has 0 bridgehead atoms. The fourth-order valence-corrected chi connectivity index (χ4v) is 2.70. The molecule has 0 aliphatic carbocycles. The SMILES string of the molecule is c1ccc(C(=C(c2ccccc2)c2c[nH]nn2)c2c[nH]nn2)cc1. The number of H-pyrrole nitrogens is 2. The van der Waals surface area contributed by atoms with Gasteiger partial charge >= 0.3 is 0 Å². The third-order valence-electron chi connectivity index (χ3n) is 3.72. The first-order valence-corrected chi connectivity index (χ1v) is 7.52. The van der Waals surface area contributed by atoms with Gasteiger partial charge in [-0.1, -0.05) is 71.1 Å². The molecular formula is C18H14N6. The van der Waals surface area contributed by atoms with Crippen molar-refractivity contribution in [2.75, 3.05) is 0 Å². The highest BCUT2D eigenvalue weighted by molar-refractivity contribution is 6.02. The number of aromatic amines is 2. The number of hydrogen-bond acceptors (Lipinski definition) is 4. The summed E-state index contributed by atoms with van der Waals surface area (Å²) in [5.74, 6) is 0. The van der Waals surface area contributed by atoms with E-state index in [2.05, 4.69) is 30.8 Å². The molecule has 116 valence electrons. The fraction of sp³-hybridized carbons (Fsp3) is 0. The highest BCUT2D eigenvalue weighted by Gasteiger charge is 2.19. The summed E-state index contributed by atoms with van der Waals surface area (Å²) in [4.78, 5) is 0. The molecule has 0 fully saturated rings. The summed E-state index contributed by atoms with van der Waals surface area (Å²) >= 11 is 0. The first kappa shape index (κ1) is 14.1. The van der Waals surface area contributed by atoms with Crippen LogP contribution in [-0.2, 0) is 0 Å². The predicted molar refractivity (Wildman–Crippen MR) is 90.7 cm³/mol. The summed E-state index contributed by atoms with van der Waals surface area (Å²) in [5.41, 5.74) is 5.47. The molecule has 2 heterocycles. The summed E-state index contributed by atoms with van der Waals surface area (Å²) < 4.78 is 0. The highest BCUT2D eigenvalue weighted by atomic mass is 15.3. The summed E-state index contributed by atoms with van der Waals surface area (Å²) in [6.45, 7) is 0. The number of benzene rings is 2. The van der Waals surface area contributed by atoms with Crippen LogP contribution in [0.2, 0.25) is 0 Å². The zero-order chi connectivity index (χ0) is 16.2. The van der Waals surface area contributed by atoms with E-state index in [1.807, 2.05) is 60.7 Å². The molecule has 4 rings (SSSR count). The van der Waals surface area contributed by atoms with Gasteiger partial charge in [-0.2, -0.15) is 0 Å². The molecule has 2 aromatic heterocycles. The Kier molecular flexibility index (Phi) is 3.69. The van der Waals surface area contributed by atoms with Crippen LogP contribution >= 0.6 is 0 Å². The maximum atomic E-state index is 4.23. The predicted octanol–water partition coefficient (Wildman–Crippen LogP) is 2.93. The Morgan fingerprint density at radius 1 is 0.583 bits per heavy atom. The van der Waals surface area contributed by atoms with Gasteiger partial charge < -0.3 is 0 Å². The average molecular weight is 314 g/mol. The molecule has 2 N–H and O–H groups in total. The molecule has 2 aromatic carbocycles. The largest absolute Gasteiger partial charge is 0.265 e. The Bertz CT molecular complexity index is 846. The van der Waals surface area contributed by atoms with Gasteiger partial charge in [0.25, 0.3) is 0 Å². The minimum absolute atomic E-state index is 0.753. The summed E-state index contributed by atoms with van der Waals surface area (Å²) in [6.07, 6.45) is 3.57. The summed E-state index contributed by atoms with van der Waals surface area (Å²) in [5, 5.41) is 21.8. The first-order chi connectivity index (χ1) is 11.9. The zero-order valence-corrected chi connectivity index (χ0v) is 12.7. The van der Waals surface area contributed by atoms with Crippen LogP contribution in [-0.4, -0.2) is 30.8 Å². The van der Waals surface area contributed by atoms with E-state index in [-0.39, 0.29) is 0 Å². The Morgan fingerprint density at radius 2 is 1.00 bits per heavy atom. The van der Waals surface area contributed by atoms with Gasteiger partial charge in [-0.3, -0.25) is 10.2 Å². The maximum absolute atomic E-state index is 4.23. The Balaban J connectivity index is 2.07. The Hall–Kier alpha value is -3.54. The molecule has 6 heteroatoms. The lowest BCUT2D eigenvalue weighted by Gasteiger charge is -2.13. The second kappa shape index (κ2) is 6.29. The van der Waals surface area contributed by atoms with Crippen molar-refractivity contribution >= 4 is 11.1 Å². The number of rotatable bonds is 4. The molecule has 0 amide bonds. The summed E-state index contributed by atoms with van der Waals surface area (Å²) in [7, 11) is 0. The van der Waals surface area contributed by atoms with Crippen LogP contribution in [0.25, 0.3) is 11.1 Å². The van der Waals surface area contributed by atoms with Crippen molar-refractivity contribution in [3.8, 4) is 0 Å². The molecule has 0 saturated heterocycles. The van der Waals surface area contributed by atoms with Crippen molar-refractivity contribution in [2.45, 2.75) is 0 Å². The van der Waals surface area contributed by atoms with E-state index in [9.17, 15) is 0 Å². The minimum Gasteiger partial charge on any atom is -0.265 e. The average Bonchev–Trinajstić information content (AvgIpc) is 3.35. The van der Waals surface area contributed by atoms with E-state index in [4.69, 9.17) is 0 Å². The lowest BCUT2D eigenvalue weighted by molar-refractivity contribution is 0.934. The van der Waals surface area contributed by atoms with Crippen LogP contribution < -0.4 is 0 Å². The molecule has 0 spiro atoms. The Labute approximate surface area is 138 Å². The van der Waals surface area contributed by atoms with E-state index in [1.165, 1.54) is 0 Å². The van der Waals surface area contributed by atoms with Crippen LogP contribution in [0.15, 0.2) is 73.1 Å². The lowest BCUT2D eigenvalue weighted by Crippen LogP contribution is -1.98. The summed E-state index contributed by atoms with van der Waals surface area (Å²) in [6, 6.07) is 20.2. The van der Waals surface area contributed by atoms with Gasteiger partial charge in [0.2, 0.25) is 0 Å². The third kappa shape index (κ3) is 2.61. The first-order valence-electron chi connectivity index (χ1n) is 7.52. The molecule has 24 heavy (non-hydrogen) atoms. The van der Waals surface area contributed by atoms with Gasteiger partial charge in [0.1, 0.15) is 11.4 Å². The Morgan fingerprint density at radius 3 is 1.33 bits per heavy atom. The van der Waals surface area contributed by atoms with E-state index >= 15 is 0 Å². The van der Waals surface area contributed by atoms with Gasteiger partial charge in [0.05, 0.1) is 12.4 Å². The van der Waals surface area contributed by atoms with Crippen molar-refractivity contribution < 1.29 is 0 Å². The van der Waals surface area contributed by atoms with Gasteiger partial charge in [-0.25, -0.2) is 0 Å². The van der Waals surface area contributed by atoms with Gasteiger partial charge in [-0.15, -0.1) is 10.2 Å². The lowest BCUT2D eigenvalue weighted by atomic mass is 9.91. The minimum atomic E-state index is 0.753. The topological polar surface area (TPSA) is 83.1 Å². The van der Waals surface area contributed by atoms with Gasteiger partial charge in [0.15, 0.2) is 0 Å². The highest BCUT2D eigenvalue weighted by Crippen LogP contribution is 2.34. The van der Waals surface area contributed by atoms with Gasteiger partial charge in [0, 0.05) is 11.1 Å². The molecule has 0 unspecified atom stereocenters. The molecule has 0 atom stereocenters. The van der Waals surface area contributed by atoms with Crippen LogP contribution in [0, 0.1) is 0 Å². The van der Waals surface area contributed by atoms with Crippen molar-refractivity contribution in [1.29, 1.82) is 0 Å². The van der Waals surface area contributed by atoms with Gasteiger partial charge in [-0.05, 0) is 11.1 Å². The monoisotopic (exact) mass is 314 g/mol. The molecule has 4 aromatic rings. The molecule has 0 aliphatic heterocycles. The smallest absolute Gasteiger partial charge is 0.114 e. The van der Waals surface area contributed by atoms with E-state index < -0.39 is 0 Å². The standard InChI is InChI=1S/C18H14N6/c1-3-7-13(8-4-1)17(15-11-19-23-21-15)18(16-12-20-24-22-16)14-9-5-2-6-10-14/h1-12H,(H,19,21,23)(H,20,22,24). The normalized spacial score (nSPS) is 12.0. The molecule has 6 nitrogen and oxygen atoms in total. The van der Waals surface area contributed by atoms with E-state index in [1.54, 1.807) is 12.4 Å². The van der Waals surface area contributed by atoms with E-state index in [0.29, 0.717) is 0 Å². The number of aromatic nitrogens is 6. The quantitative estimate of drug-likeness (QED) is 0.567. The molecule has 0 radical (unpaired) electrons. The zero-order valence-electron chi connectivity index (χ0n) is 12.7. The van der Waals surface area contributed by atoms with Crippen LogP contribution in [0.4, 0.5) is 0 Å². The van der Waals surface area contributed by atoms with Crippen molar-refractivity contribution in [1.82, 2.24) is 30.8 Å². The number of hydrogen-bond donors (Lipinski definition) is 2. The maximum Gasteiger partial charge on any atom is 0.114 e. The second-order valence-electron chi connectivity index (χ2n) is 5.20.